The van der Waals surface area contributed by atoms with E-state index in [9.17, 15) is 87.8 Å². The summed E-state index contributed by atoms with van der Waals surface area (Å²) in [6.45, 7) is 0. The van der Waals surface area contributed by atoms with Crippen LogP contribution in [0.25, 0.3) is 0 Å². The summed E-state index contributed by atoms with van der Waals surface area (Å²) in [5.41, 5.74) is 8.32. The van der Waals surface area contributed by atoms with E-state index >= 15 is 0 Å². The molecule has 2 unspecified atom stereocenters. The number of alkyl halides is 20. The molecule has 0 aliphatic rings. The Kier molecular flexibility index (Phi) is 8.76. The number of nitrogens with two attached hydrogens (primary N) is 2. The van der Waals surface area contributed by atoms with Crippen molar-refractivity contribution in [2.75, 3.05) is 11.5 Å². The van der Waals surface area contributed by atoms with Gasteiger partial charge in [-0.25, -0.2) is 17.6 Å². The van der Waals surface area contributed by atoms with Crippen molar-refractivity contribution in [3.8, 4) is 5.75 Å². The maximum Gasteiger partial charge on any atom is 0.471 e. The van der Waals surface area contributed by atoms with Gasteiger partial charge in [0.2, 0.25) is 6.17 Å². The van der Waals surface area contributed by atoms with Gasteiger partial charge in [-0.05, 0) is 18.2 Å². The van der Waals surface area contributed by atoms with Crippen molar-refractivity contribution < 1.29 is 92.5 Å². The minimum Gasteiger partial charge on any atom is -0.426 e. The lowest BCUT2D eigenvalue weighted by atomic mass is 9.87. The number of nitrogen functional groups attached to an aromatic ring is 2. The fraction of sp³-hybridized carbons (Fsp3) is 0.647. The van der Waals surface area contributed by atoms with Crippen molar-refractivity contribution >= 4 is 11.4 Å². The summed E-state index contributed by atoms with van der Waals surface area (Å²) in [4.78, 5) is 0. The molecule has 3 nitrogen and oxygen atoms in total. The number of rotatable bonds is 12. The van der Waals surface area contributed by atoms with Crippen LogP contribution in [0.4, 0.5) is 99.2 Å². The van der Waals surface area contributed by atoms with Crippen molar-refractivity contribution in [3.05, 3.63) is 18.2 Å². The van der Waals surface area contributed by atoms with Gasteiger partial charge < -0.3 is 16.2 Å². The Hall–Kier alpha value is -2.78. The zero-order chi connectivity index (χ0) is 32.3. The number of ether oxygens (including phenoxy) is 1. The lowest BCUT2D eigenvalue weighted by Gasteiger charge is -2.43. The molecule has 0 fully saturated rings. The minimum absolute atomic E-state index is 0.0846. The molecule has 0 aliphatic heterocycles. The molecule has 234 valence electrons. The molecule has 1 aromatic carbocycles. The first-order valence-electron chi connectivity index (χ1n) is 9.33. The number of hydrogen-bond donors (Lipinski definition) is 2. The van der Waals surface area contributed by atoms with Crippen molar-refractivity contribution in [2.24, 2.45) is 0 Å². The van der Waals surface area contributed by atoms with E-state index in [1.807, 2.05) is 0 Å². The molecule has 0 amide bonds. The van der Waals surface area contributed by atoms with E-state index in [0.29, 0.717) is 12.1 Å². The van der Waals surface area contributed by atoms with Crippen molar-refractivity contribution in [3.63, 3.8) is 0 Å². The molecular formula is C17H10F20N2O. The number of halogens is 20. The lowest BCUT2D eigenvalue weighted by molar-refractivity contribution is -0.467. The van der Waals surface area contributed by atoms with Crippen LogP contribution in [0.3, 0.4) is 0 Å². The summed E-state index contributed by atoms with van der Waals surface area (Å²) < 4.78 is 272. The monoisotopic (exact) mass is 638 g/mol. The Balaban J connectivity index is 3.67. The molecule has 0 spiro atoms. The van der Waals surface area contributed by atoms with E-state index in [0.717, 1.165) is 0 Å². The van der Waals surface area contributed by atoms with Crippen molar-refractivity contribution in [1.29, 1.82) is 0 Å². The molecule has 0 heterocycles. The molecule has 0 aliphatic carbocycles. The van der Waals surface area contributed by atoms with E-state index in [4.69, 9.17) is 11.5 Å². The van der Waals surface area contributed by atoms with Crippen molar-refractivity contribution in [1.82, 2.24) is 0 Å². The van der Waals surface area contributed by atoms with Crippen LogP contribution in [0, 0.1) is 0 Å². The van der Waals surface area contributed by atoms with Gasteiger partial charge in [0.05, 0.1) is 5.69 Å². The standard InChI is InChI=1S/C17H10F20N2O/c18-7(9(20)21)8(19)10(22,23)11(24,25)12(26,27)13(28,29)14(30,31)15(32,33)16(34,35)17(36,37)40-6-2-1-4(38)3-5(6)39/h1-3,7-9H,38-39H2. The van der Waals surface area contributed by atoms with Gasteiger partial charge in [-0.2, -0.15) is 70.2 Å². The largest absolute Gasteiger partial charge is 0.471 e. The van der Waals surface area contributed by atoms with Crippen LogP contribution in [0.2, 0.25) is 0 Å². The van der Waals surface area contributed by atoms with Crippen LogP contribution in [-0.4, -0.2) is 66.3 Å². The minimum atomic E-state index is -8.98. The Bertz CT molecular complexity index is 1060. The summed E-state index contributed by atoms with van der Waals surface area (Å²) in [5.74, 6) is -61.8. The highest BCUT2D eigenvalue weighted by Gasteiger charge is 2.96. The molecule has 4 N–H and O–H groups in total. The average molecular weight is 638 g/mol. The Morgan fingerprint density at radius 1 is 0.550 bits per heavy atom. The van der Waals surface area contributed by atoms with Gasteiger partial charge in [-0.1, -0.05) is 0 Å². The zero-order valence-corrected chi connectivity index (χ0v) is 18.1. The van der Waals surface area contributed by atoms with Gasteiger partial charge in [0, 0.05) is 5.69 Å². The molecule has 0 aromatic heterocycles. The van der Waals surface area contributed by atoms with Gasteiger partial charge in [0.25, 0.3) is 6.43 Å². The Morgan fingerprint density at radius 2 is 0.925 bits per heavy atom. The molecule has 1 rings (SSSR count). The quantitative estimate of drug-likeness (QED) is 0.188. The van der Waals surface area contributed by atoms with E-state index in [1.165, 1.54) is 0 Å². The number of benzene rings is 1. The SMILES string of the molecule is Nc1ccc(OC(F)(F)C(F)(F)C(F)(F)C(F)(F)C(F)(F)C(F)(F)C(F)(F)C(F)(F)C(F)C(F)C(F)F)c(N)c1. The summed E-state index contributed by atoms with van der Waals surface area (Å²) in [5, 5.41) is 0. The zero-order valence-electron chi connectivity index (χ0n) is 18.1. The fourth-order valence-corrected chi connectivity index (χ4v) is 2.54. The lowest BCUT2D eigenvalue weighted by Crippen LogP contribution is -2.76. The molecular weight excluding hydrogens is 628 g/mol. The van der Waals surface area contributed by atoms with Gasteiger partial charge in [0.1, 0.15) is 5.75 Å². The third-order valence-corrected chi connectivity index (χ3v) is 4.89. The van der Waals surface area contributed by atoms with Crippen molar-refractivity contribution in [2.45, 2.75) is 66.3 Å². The molecule has 23 heteroatoms. The predicted molar refractivity (Wildman–Crippen MR) is 91.3 cm³/mol. The summed E-state index contributed by atoms with van der Waals surface area (Å²) in [7, 11) is 0. The molecule has 0 saturated carbocycles. The van der Waals surface area contributed by atoms with Crippen LogP contribution in [-0.2, 0) is 0 Å². The second-order valence-corrected chi connectivity index (χ2v) is 7.67. The summed E-state index contributed by atoms with van der Waals surface area (Å²) >= 11 is 0. The van der Waals surface area contributed by atoms with Gasteiger partial charge in [0.15, 0.2) is 6.17 Å². The predicted octanol–water partition coefficient (Wildman–Crippen LogP) is 7.21. The van der Waals surface area contributed by atoms with Crippen LogP contribution in [0.5, 0.6) is 5.75 Å². The highest BCUT2D eigenvalue weighted by molar-refractivity contribution is 5.60. The first-order chi connectivity index (χ1) is 17.4. The molecule has 40 heavy (non-hydrogen) atoms. The van der Waals surface area contributed by atoms with Gasteiger partial charge in [-0.15, -0.1) is 0 Å². The van der Waals surface area contributed by atoms with Crippen LogP contribution in [0.1, 0.15) is 0 Å². The maximum atomic E-state index is 13.9. The number of anilines is 2. The fourth-order valence-electron chi connectivity index (χ4n) is 2.54. The van der Waals surface area contributed by atoms with E-state index < -0.39 is 83.5 Å². The topological polar surface area (TPSA) is 61.3 Å². The first-order valence-corrected chi connectivity index (χ1v) is 9.33. The van der Waals surface area contributed by atoms with E-state index in [1.54, 1.807) is 0 Å². The second kappa shape index (κ2) is 9.94. The van der Waals surface area contributed by atoms with Gasteiger partial charge >= 0.3 is 47.6 Å². The average Bonchev–Trinajstić information content (AvgIpc) is 2.78. The van der Waals surface area contributed by atoms with E-state index in [2.05, 4.69) is 4.74 Å². The molecule has 0 radical (unpaired) electrons. The Labute approximate surface area is 207 Å². The second-order valence-electron chi connectivity index (χ2n) is 7.67. The maximum absolute atomic E-state index is 13.9. The molecule has 0 bridgehead atoms. The summed E-state index contributed by atoms with van der Waals surface area (Å²) in [6, 6.07) is 0.945. The molecule has 0 saturated heterocycles. The molecule has 1 aromatic rings. The summed E-state index contributed by atoms with van der Waals surface area (Å²) in [6.07, 6.45) is -23.4. The highest BCUT2D eigenvalue weighted by Crippen LogP contribution is 2.64. The first kappa shape index (κ1) is 35.2. The third-order valence-electron chi connectivity index (χ3n) is 4.89. The highest BCUT2D eigenvalue weighted by atomic mass is 19.4. The molecule has 2 atom stereocenters. The Morgan fingerprint density at radius 3 is 1.30 bits per heavy atom. The van der Waals surface area contributed by atoms with Crippen LogP contribution >= 0.6 is 0 Å². The van der Waals surface area contributed by atoms with Gasteiger partial charge in [-0.3, -0.25) is 0 Å². The normalized spacial score (nSPS) is 16.7. The van der Waals surface area contributed by atoms with E-state index in [-0.39, 0.29) is 6.07 Å². The number of hydrogen-bond acceptors (Lipinski definition) is 3. The van der Waals surface area contributed by atoms with Crippen LogP contribution in [0.15, 0.2) is 18.2 Å². The van der Waals surface area contributed by atoms with Crippen LogP contribution < -0.4 is 16.2 Å². The third kappa shape index (κ3) is 4.85. The smallest absolute Gasteiger partial charge is 0.426 e.